The van der Waals surface area contributed by atoms with Crippen molar-refractivity contribution in [1.29, 1.82) is 0 Å². The molecule has 0 unspecified atom stereocenters. The zero-order valence-electron chi connectivity index (χ0n) is 12.1. The van der Waals surface area contributed by atoms with Crippen LogP contribution in [0.3, 0.4) is 0 Å². The van der Waals surface area contributed by atoms with Crippen molar-refractivity contribution in [3.8, 4) is 0 Å². The van der Waals surface area contributed by atoms with Gasteiger partial charge < -0.3 is 17.6 Å². The topological polar surface area (TPSA) is 109 Å². The van der Waals surface area contributed by atoms with Gasteiger partial charge in [0, 0.05) is 12.8 Å². The molecule has 0 fully saturated rings. The summed E-state index contributed by atoms with van der Waals surface area (Å²) >= 11 is 0. The van der Waals surface area contributed by atoms with E-state index in [9.17, 15) is 14.4 Å². The van der Waals surface area contributed by atoms with Crippen LogP contribution in [0.5, 0.6) is 0 Å². The van der Waals surface area contributed by atoms with Gasteiger partial charge in [0.15, 0.2) is 0 Å². The number of carbonyl (C=O) groups is 3. The van der Waals surface area contributed by atoms with E-state index in [2.05, 4.69) is 5.32 Å². The number of hydrogen-bond donors (Lipinski definition) is 3. The Kier molecular flexibility index (Phi) is 12.6. The second kappa shape index (κ2) is 11.5. The predicted octanol–water partition coefficient (Wildman–Crippen LogP) is -2.48. The molecule has 0 saturated carbocycles. The van der Waals surface area contributed by atoms with E-state index in [1.54, 1.807) is 0 Å². The number of carboxylic acid groups (broad SMARTS) is 1. The van der Waals surface area contributed by atoms with Crippen molar-refractivity contribution < 1.29 is 50.5 Å². The molecule has 0 aliphatic heterocycles. The molecule has 0 aliphatic rings. The molecule has 1 atom stereocenters. The van der Waals surface area contributed by atoms with E-state index in [4.69, 9.17) is 10.8 Å². The fourth-order valence-electron chi connectivity index (χ4n) is 1.35. The molecule has 2 amide bonds. The van der Waals surface area contributed by atoms with Crippen molar-refractivity contribution in [2.45, 2.75) is 51.5 Å². The first-order valence-electron chi connectivity index (χ1n) is 5.77. The van der Waals surface area contributed by atoms with E-state index in [1.165, 1.54) is 0 Å². The molecule has 0 saturated heterocycles. The van der Waals surface area contributed by atoms with Crippen LogP contribution in [0.25, 0.3) is 0 Å². The average molecular weight is 268 g/mol. The summed E-state index contributed by atoms with van der Waals surface area (Å²) in [7, 11) is 0. The zero-order valence-corrected chi connectivity index (χ0v) is 13.1. The van der Waals surface area contributed by atoms with Gasteiger partial charge in [0.05, 0.1) is 0 Å². The van der Waals surface area contributed by atoms with Crippen molar-refractivity contribution in [2.24, 2.45) is 5.73 Å². The van der Waals surface area contributed by atoms with Crippen LogP contribution < -0.4 is 40.6 Å². The largest absolute Gasteiger partial charge is 1.00 e. The minimum atomic E-state index is -1.14. The first kappa shape index (κ1) is 19.7. The zero-order chi connectivity index (χ0) is 13.3. The summed E-state index contributed by atoms with van der Waals surface area (Å²) < 4.78 is 0. The fourth-order valence-corrected chi connectivity index (χ4v) is 1.35. The molecule has 7 heteroatoms. The average Bonchev–Trinajstić information content (AvgIpc) is 2.23. The molecule has 0 rings (SSSR count). The third-order valence-corrected chi connectivity index (χ3v) is 2.32. The number of amides is 2. The van der Waals surface area contributed by atoms with Gasteiger partial charge in [-0.3, -0.25) is 9.59 Å². The molecule has 6 nitrogen and oxygen atoms in total. The number of nitrogens with one attached hydrogen (secondary N) is 1. The summed E-state index contributed by atoms with van der Waals surface area (Å²) in [4.78, 5) is 32.7. The van der Waals surface area contributed by atoms with Gasteiger partial charge in [-0.1, -0.05) is 19.8 Å². The van der Waals surface area contributed by atoms with Crippen molar-refractivity contribution in [1.82, 2.24) is 5.32 Å². The smallest absolute Gasteiger partial charge is 1.00 e. The molecule has 0 spiro atoms. The molecule has 0 aromatic carbocycles. The van der Waals surface area contributed by atoms with Gasteiger partial charge in [0.25, 0.3) is 0 Å². The minimum absolute atomic E-state index is 0. The van der Waals surface area contributed by atoms with Crippen LogP contribution in [-0.4, -0.2) is 28.9 Å². The Bertz CT molecular complexity index is 290. The Balaban J connectivity index is -0.00000128. The number of primary amides is 1. The maximum Gasteiger partial charge on any atom is 1.00 e. The van der Waals surface area contributed by atoms with Gasteiger partial charge in [0.1, 0.15) is 6.04 Å². The number of carbonyl (C=O) groups excluding carboxylic acids is 2. The predicted molar refractivity (Wildman–Crippen MR) is 63.2 cm³/mol. The maximum atomic E-state index is 11.4. The molecule has 0 aromatic rings. The second-order valence-corrected chi connectivity index (χ2v) is 3.92. The molecular weight excluding hydrogens is 247 g/mol. The minimum Gasteiger partial charge on any atom is -1.00 e. The number of carboxylic acids is 1. The van der Waals surface area contributed by atoms with Gasteiger partial charge in [-0.25, -0.2) is 4.79 Å². The fraction of sp³-hybridized carbons (Fsp3) is 0.727. The molecule has 18 heavy (non-hydrogen) atoms. The number of hydrogen-bond acceptors (Lipinski definition) is 3. The SMILES string of the molecule is CCCCCC(=O)N[C@@H](CCC(N)=O)C(=O)O.[H-].[Na+]. The molecule has 0 aromatic heterocycles. The standard InChI is InChI=1S/C11H20N2O4.Na.H/c1-2-3-4-5-10(15)13-8(11(16)17)6-7-9(12)14;;/h8H,2-7H2,1H3,(H2,12,14)(H,13,15)(H,16,17);;/q;+1;-1/t8-;;/m0../s1. The van der Waals surface area contributed by atoms with Crippen LogP contribution >= 0.6 is 0 Å². The van der Waals surface area contributed by atoms with Crippen LogP contribution in [0.15, 0.2) is 0 Å². The number of rotatable bonds is 9. The Morgan fingerprint density at radius 3 is 2.33 bits per heavy atom. The van der Waals surface area contributed by atoms with Crippen molar-refractivity contribution >= 4 is 17.8 Å². The number of aliphatic carboxylic acids is 1. The molecule has 0 radical (unpaired) electrons. The van der Waals surface area contributed by atoms with Gasteiger partial charge in [0.2, 0.25) is 11.8 Å². The Morgan fingerprint density at radius 1 is 1.28 bits per heavy atom. The van der Waals surface area contributed by atoms with E-state index in [-0.39, 0.29) is 49.7 Å². The van der Waals surface area contributed by atoms with Crippen molar-refractivity contribution in [3.63, 3.8) is 0 Å². The Hall–Kier alpha value is -0.590. The van der Waals surface area contributed by atoms with E-state index in [0.717, 1.165) is 19.3 Å². The summed E-state index contributed by atoms with van der Waals surface area (Å²) in [5, 5.41) is 11.2. The van der Waals surface area contributed by atoms with Gasteiger partial charge in [-0.05, 0) is 12.8 Å². The molecule has 4 N–H and O–H groups in total. The Labute approximate surface area is 130 Å². The Morgan fingerprint density at radius 2 is 1.89 bits per heavy atom. The van der Waals surface area contributed by atoms with E-state index >= 15 is 0 Å². The van der Waals surface area contributed by atoms with Gasteiger partial charge in [-0.2, -0.15) is 0 Å². The second-order valence-electron chi connectivity index (χ2n) is 3.92. The summed E-state index contributed by atoms with van der Waals surface area (Å²) in [6.07, 6.45) is 2.97. The molecular formula is C11H21N2NaO4. The number of nitrogens with two attached hydrogens (primary N) is 1. The summed E-state index contributed by atoms with van der Waals surface area (Å²) in [6.45, 7) is 2.02. The van der Waals surface area contributed by atoms with Gasteiger partial charge in [-0.15, -0.1) is 0 Å². The molecule has 0 aliphatic carbocycles. The first-order chi connectivity index (χ1) is 7.97. The van der Waals surface area contributed by atoms with Crippen molar-refractivity contribution in [2.75, 3.05) is 0 Å². The van der Waals surface area contributed by atoms with Crippen LogP contribution in [-0.2, 0) is 14.4 Å². The third-order valence-electron chi connectivity index (χ3n) is 2.32. The maximum absolute atomic E-state index is 11.4. The first-order valence-corrected chi connectivity index (χ1v) is 5.77. The van der Waals surface area contributed by atoms with E-state index < -0.39 is 17.9 Å². The summed E-state index contributed by atoms with van der Waals surface area (Å²) in [6, 6.07) is -1.03. The molecule has 100 valence electrons. The summed E-state index contributed by atoms with van der Waals surface area (Å²) in [5.74, 6) is -2.01. The summed E-state index contributed by atoms with van der Waals surface area (Å²) in [5.41, 5.74) is 4.93. The van der Waals surface area contributed by atoms with Crippen LogP contribution in [0.1, 0.15) is 46.9 Å². The normalized spacial score (nSPS) is 11.2. The monoisotopic (exact) mass is 268 g/mol. The van der Waals surface area contributed by atoms with E-state index in [0.29, 0.717) is 6.42 Å². The molecule has 0 heterocycles. The van der Waals surface area contributed by atoms with Crippen LogP contribution in [0, 0.1) is 0 Å². The van der Waals surface area contributed by atoms with E-state index in [1.807, 2.05) is 6.92 Å². The third kappa shape index (κ3) is 10.6. The van der Waals surface area contributed by atoms with Gasteiger partial charge >= 0.3 is 35.5 Å². The quantitative estimate of drug-likeness (QED) is 0.317. The molecule has 0 bridgehead atoms. The van der Waals surface area contributed by atoms with Crippen LogP contribution in [0.2, 0.25) is 0 Å². The number of unbranched alkanes of at least 4 members (excludes halogenated alkanes) is 2. The van der Waals surface area contributed by atoms with Crippen molar-refractivity contribution in [3.05, 3.63) is 0 Å². The van der Waals surface area contributed by atoms with Crippen LogP contribution in [0.4, 0.5) is 0 Å².